The zero-order chi connectivity index (χ0) is 21.4. The molecule has 0 aliphatic rings. The highest BCUT2D eigenvalue weighted by Crippen LogP contribution is 1.99. The summed E-state index contributed by atoms with van der Waals surface area (Å²) in [5.41, 5.74) is 0. The Morgan fingerprint density at radius 2 is 1.48 bits per heavy atom. The van der Waals surface area contributed by atoms with E-state index < -0.39 is 0 Å². The molecule has 0 spiro atoms. The first-order chi connectivity index (χ1) is 14.2. The maximum absolute atomic E-state index is 11.2. The Hall–Kier alpha value is -1.65. The van der Waals surface area contributed by atoms with Gasteiger partial charge in [-0.25, -0.2) is 0 Å². The van der Waals surface area contributed by atoms with Gasteiger partial charge in [-0.2, -0.15) is 0 Å². The molecular weight excluding hydrogens is 360 g/mol. The van der Waals surface area contributed by atoms with Crippen LogP contribution >= 0.6 is 0 Å². The maximum atomic E-state index is 11.2. The normalized spacial score (nSPS) is 12.4. The lowest BCUT2D eigenvalue weighted by atomic mass is 10.2. The number of ether oxygens (including phenoxy) is 1. The highest BCUT2D eigenvalue weighted by molar-refractivity contribution is 5.77. The summed E-state index contributed by atoms with van der Waals surface area (Å²) in [4.78, 5) is 13.6. The van der Waals surface area contributed by atoms with Crippen LogP contribution in [-0.2, 0) is 9.53 Å². The van der Waals surface area contributed by atoms with Crippen molar-refractivity contribution in [3.63, 3.8) is 0 Å². The fraction of sp³-hybridized carbons (Fsp3) is 0.640. The van der Waals surface area contributed by atoms with E-state index >= 15 is 0 Å². The van der Waals surface area contributed by atoms with E-state index in [1.54, 1.807) is 0 Å². The summed E-state index contributed by atoms with van der Waals surface area (Å²) >= 11 is 0. The van der Waals surface area contributed by atoms with E-state index in [0.29, 0.717) is 0 Å². The first-order valence-corrected chi connectivity index (χ1v) is 11.2. The van der Waals surface area contributed by atoms with E-state index in [1.165, 1.54) is 32.9 Å². The van der Waals surface area contributed by atoms with Crippen LogP contribution in [0.25, 0.3) is 0 Å². The van der Waals surface area contributed by atoms with Crippen molar-refractivity contribution in [2.24, 2.45) is 0 Å². The standard InChI is InChI=1S/C25H44N2O2/c1-4-5-19-22-27(2)23-20-17-15-13-11-9-7-6-8-10-12-14-16-18-21-26-25(28)24-29-3/h6-7,10-13,17,20H,4-5,8-9,14-16,18-19,21-24H2,1-3H3,(H,26,28). The van der Waals surface area contributed by atoms with Crippen LogP contribution in [0.15, 0.2) is 48.6 Å². The highest BCUT2D eigenvalue weighted by atomic mass is 16.5. The number of amides is 1. The zero-order valence-electron chi connectivity index (χ0n) is 19.1. The molecule has 0 aliphatic heterocycles. The number of carbonyl (C=O) groups is 1. The third-order valence-corrected chi connectivity index (χ3v) is 4.44. The minimum absolute atomic E-state index is 0.0383. The number of nitrogens with zero attached hydrogens (tertiary/aromatic N) is 1. The molecule has 0 aromatic carbocycles. The Labute approximate surface area is 179 Å². The van der Waals surface area contributed by atoms with Gasteiger partial charge in [0.1, 0.15) is 6.61 Å². The minimum atomic E-state index is -0.0383. The van der Waals surface area contributed by atoms with Crippen LogP contribution in [0.2, 0.25) is 0 Å². The Bertz CT molecular complexity index is 481. The molecule has 0 bridgehead atoms. The van der Waals surface area contributed by atoms with Crippen LogP contribution in [0.4, 0.5) is 0 Å². The van der Waals surface area contributed by atoms with Gasteiger partial charge in [-0.1, -0.05) is 68.4 Å². The van der Waals surface area contributed by atoms with Crippen molar-refractivity contribution in [1.82, 2.24) is 10.2 Å². The number of carbonyl (C=O) groups excluding carboxylic acids is 1. The summed E-state index contributed by atoms with van der Waals surface area (Å²) in [6.45, 7) is 5.37. The van der Waals surface area contributed by atoms with Gasteiger partial charge in [-0.15, -0.1) is 0 Å². The largest absolute Gasteiger partial charge is 0.375 e. The first kappa shape index (κ1) is 27.4. The molecule has 0 unspecified atom stereocenters. The lowest BCUT2D eigenvalue weighted by Gasteiger charge is -2.13. The second-order valence-electron chi connectivity index (χ2n) is 7.34. The molecule has 166 valence electrons. The molecule has 0 saturated heterocycles. The van der Waals surface area contributed by atoms with Gasteiger partial charge in [0.25, 0.3) is 0 Å². The smallest absolute Gasteiger partial charge is 0.245 e. The van der Waals surface area contributed by atoms with Gasteiger partial charge in [0.15, 0.2) is 0 Å². The van der Waals surface area contributed by atoms with E-state index in [2.05, 4.69) is 72.8 Å². The van der Waals surface area contributed by atoms with Crippen LogP contribution in [0.1, 0.15) is 64.7 Å². The first-order valence-electron chi connectivity index (χ1n) is 11.2. The zero-order valence-corrected chi connectivity index (χ0v) is 19.1. The van der Waals surface area contributed by atoms with E-state index in [1.807, 2.05) is 0 Å². The molecule has 0 aromatic heterocycles. The van der Waals surface area contributed by atoms with E-state index in [0.717, 1.165) is 51.6 Å². The Morgan fingerprint density at radius 3 is 2.10 bits per heavy atom. The van der Waals surface area contributed by atoms with E-state index in [4.69, 9.17) is 4.74 Å². The summed E-state index contributed by atoms with van der Waals surface area (Å²) in [5, 5.41) is 2.83. The molecular formula is C25H44N2O2. The molecule has 0 radical (unpaired) electrons. The van der Waals surface area contributed by atoms with Crippen molar-refractivity contribution in [3.05, 3.63) is 48.6 Å². The van der Waals surface area contributed by atoms with Crippen LogP contribution in [0.5, 0.6) is 0 Å². The van der Waals surface area contributed by atoms with E-state index in [-0.39, 0.29) is 12.5 Å². The van der Waals surface area contributed by atoms with E-state index in [9.17, 15) is 4.79 Å². The molecule has 0 atom stereocenters. The van der Waals surface area contributed by atoms with Gasteiger partial charge in [0, 0.05) is 20.2 Å². The Balaban J connectivity index is 3.49. The number of nitrogens with one attached hydrogen (secondary N) is 1. The number of likely N-dealkylation sites (N-methyl/N-ethyl adjacent to an activating group) is 1. The van der Waals surface area contributed by atoms with Crippen LogP contribution in [-0.4, -0.2) is 51.2 Å². The van der Waals surface area contributed by atoms with Gasteiger partial charge >= 0.3 is 0 Å². The second-order valence-corrected chi connectivity index (χ2v) is 7.34. The fourth-order valence-electron chi connectivity index (χ4n) is 2.71. The third kappa shape index (κ3) is 22.5. The topological polar surface area (TPSA) is 41.6 Å². The monoisotopic (exact) mass is 404 g/mol. The molecule has 29 heavy (non-hydrogen) atoms. The SMILES string of the molecule is CCCCCN(C)CC=CCC=CCC=CCC=CCCCCNC(=O)COC. The van der Waals surface area contributed by atoms with Crippen LogP contribution < -0.4 is 5.32 Å². The number of rotatable bonds is 19. The Kier molecular flexibility index (Phi) is 21.3. The lowest BCUT2D eigenvalue weighted by molar-refractivity contribution is -0.124. The fourth-order valence-corrected chi connectivity index (χ4v) is 2.71. The number of hydrogen-bond acceptors (Lipinski definition) is 3. The van der Waals surface area contributed by atoms with Crippen LogP contribution in [0.3, 0.4) is 0 Å². The summed E-state index contributed by atoms with van der Waals surface area (Å²) in [5.74, 6) is -0.0383. The molecule has 0 saturated carbocycles. The molecule has 1 amide bonds. The quantitative estimate of drug-likeness (QED) is 0.230. The predicted octanol–water partition coefficient (Wildman–Crippen LogP) is 5.44. The molecule has 4 nitrogen and oxygen atoms in total. The minimum Gasteiger partial charge on any atom is -0.375 e. The van der Waals surface area contributed by atoms with Crippen molar-refractivity contribution < 1.29 is 9.53 Å². The molecule has 1 N–H and O–H groups in total. The average molecular weight is 405 g/mol. The Morgan fingerprint density at radius 1 is 0.862 bits per heavy atom. The number of unbranched alkanes of at least 4 members (excludes halogenated alkanes) is 4. The van der Waals surface area contributed by atoms with Crippen molar-refractivity contribution in [2.75, 3.05) is 40.4 Å². The maximum Gasteiger partial charge on any atom is 0.245 e. The molecule has 4 heteroatoms. The van der Waals surface area contributed by atoms with Gasteiger partial charge < -0.3 is 15.0 Å². The molecule has 0 aliphatic carbocycles. The predicted molar refractivity (Wildman–Crippen MR) is 126 cm³/mol. The molecule has 0 rings (SSSR count). The second kappa shape index (κ2) is 22.6. The van der Waals surface area contributed by atoms with Gasteiger partial charge in [-0.05, 0) is 58.5 Å². The van der Waals surface area contributed by atoms with Gasteiger partial charge in [-0.3, -0.25) is 4.79 Å². The summed E-state index contributed by atoms with van der Waals surface area (Å²) in [6.07, 6.45) is 27.9. The summed E-state index contributed by atoms with van der Waals surface area (Å²) in [6, 6.07) is 0. The average Bonchev–Trinajstić information content (AvgIpc) is 2.70. The number of methoxy groups -OCH3 is 1. The molecule has 0 aromatic rings. The lowest BCUT2D eigenvalue weighted by Crippen LogP contribution is -2.27. The van der Waals surface area contributed by atoms with Gasteiger partial charge in [0.2, 0.25) is 5.91 Å². The van der Waals surface area contributed by atoms with Crippen LogP contribution in [0, 0.1) is 0 Å². The third-order valence-electron chi connectivity index (χ3n) is 4.44. The number of allylic oxidation sites excluding steroid dienone is 7. The van der Waals surface area contributed by atoms with Gasteiger partial charge in [0.05, 0.1) is 0 Å². The van der Waals surface area contributed by atoms with Crippen molar-refractivity contribution in [1.29, 1.82) is 0 Å². The summed E-state index contributed by atoms with van der Waals surface area (Å²) in [7, 11) is 3.72. The van der Waals surface area contributed by atoms with Crippen molar-refractivity contribution in [2.45, 2.75) is 64.7 Å². The number of hydrogen-bond donors (Lipinski definition) is 1. The van der Waals surface area contributed by atoms with Crippen molar-refractivity contribution in [3.8, 4) is 0 Å². The molecule has 0 fully saturated rings. The van der Waals surface area contributed by atoms with Crippen molar-refractivity contribution >= 4 is 5.91 Å². The highest BCUT2D eigenvalue weighted by Gasteiger charge is 1.97. The summed E-state index contributed by atoms with van der Waals surface area (Å²) < 4.78 is 4.77. The molecule has 0 heterocycles.